The number of carbonyl (C=O) groups excluding carboxylic acids is 1. The minimum atomic E-state index is -0.291. The summed E-state index contributed by atoms with van der Waals surface area (Å²) in [5.41, 5.74) is 4.93. The predicted molar refractivity (Wildman–Crippen MR) is 107 cm³/mol. The van der Waals surface area contributed by atoms with Gasteiger partial charge in [0.2, 0.25) is 0 Å². The highest BCUT2D eigenvalue weighted by Crippen LogP contribution is 2.22. The van der Waals surface area contributed by atoms with E-state index in [1.54, 1.807) is 44.7 Å². The lowest BCUT2D eigenvalue weighted by Gasteiger charge is -2.06. The molecule has 0 saturated carbocycles. The molecule has 0 bridgehead atoms. The Morgan fingerprint density at radius 1 is 1.07 bits per heavy atom. The van der Waals surface area contributed by atoms with Gasteiger partial charge in [0.1, 0.15) is 17.1 Å². The van der Waals surface area contributed by atoms with Crippen molar-refractivity contribution in [3.05, 3.63) is 89.7 Å². The number of hydrazone groups is 1. The summed E-state index contributed by atoms with van der Waals surface area (Å²) in [6.07, 6.45) is 5.25. The molecular formula is C22H22ClN3O3. The van der Waals surface area contributed by atoms with Gasteiger partial charge in [-0.2, -0.15) is 9.67 Å². The van der Waals surface area contributed by atoms with Crippen LogP contribution in [0.1, 0.15) is 21.5 Å². The smallest absolute Gasteiger partial charge is 0.277 e. The van der Waals surface area contributed by atoms with E-state index in [1.165, 1.54) is 6.21 Å². The number of halogens is 1. The molecule has 1 amide bonds. The number of amides is 1. The van der Waals surface area contributed by atoms with Crippen LogP contribution in [0.4, 0.5) is 0 Å². The van der Waals surface area contributed by atoms with Crippen molar-refractivity contribution in [1.82, 2.24) is 5.43 Å². The number of hydrogen-bond acceptors (Lipinski definition) is 4. The summed E-state index contributed by atoms with van der Waals surface area (Å²) in [6, 6.07) is 19.0. The summed E-state index contributed by atoms with van der Waals surface area (Å²) in [5.74, 6) is 1.03. The second kappa shape index (κ2) is 10.8. The van der Waals surface area contributed by atoms with E-state index >= 15 is 0 Å². The van der Waals surface area contributed by atoms with Crippen molar-refractivity contribution < 1.29 is 31.2 Å². The van der Waals surface area contributed by atoms with E-state index in [1.807, 2.05) is 47.2 Å². The third kappa shape index (κ3) is 6.05. The quantitative estimate of drug-likeness (QED) is 0.333. The van der Waals surface area contributed by atoms with Crippen molar-refractivity contribution in [2.45, 2.75) is 6.54 Å². The summed E-state index contributed by atoms with van der Waals surface area (Å²) < 4.78 is 12.5. The van der Waals surface area contributed by atoms with Crippen molar-refractivity contribution in [3.63, 3.8) is 0 Å². The first kappa shape index (κ1) is 21.9. The number of rotatable bonds is 7. The summed E-state index contributed by atoms with van der Waals surface area (Å²) in [7, 11) is 3.16. The molecule has 0 saturated heterocycles. The van der Waals surface area contributed by atoms with E-state index in [9.17, 15) is 4.79 Å². The van der Waals surface area contributed by atoms with Crippen LogP contribution in [0.3, 0.4) is 0 Å². The van der Waals surface area contributed by atoms with Crippen molar-refractivity contribution in [1.29, 1.82) is 0 Å². The van der Waals surface area contributed by atoms with Crippen LogP contribution in [-0.2, 0) is 6.54 Å². The Labute approximate surface area is 176 Å². The SMILES string of the molecule is COc1ccc(OC)c(/C=N/NC(=O)c2ccc[n+](Cc3ccccc3)c2)c1.[Cl-]. The van der Waals surface area contributed by atoms with Gasteiger partial charge in [-0.05, 0) is 24.3 Å². The molecule has 0 aliphatic rings. The van der Waals surface area contributed by atoms with E-state index in [0.29, 0.717) is 29.2 Å². The number of methoxy groups -OCH3 is 2. The number of nitrogens with one attached hydrogen (secondary N) is 1. The standard InChI is InChI=1S/C22H21N3O3.ClH/c1-27-20-10-11-21(28-2)19(13-20)14-23-24-22(26)18-9-6-12-25(16-18)15-17-7-4-3-5-8-17;/h3-14,16H,15H2,1-2H3;1H/b23-14+;. The highest BCUT2D eigenvalue weighted by atomic mass is 35.5. The molecule has 29 heavy (non-hydrogen) atoms. The average molecular weight is 412 g/mol. The Hall–Kier alpha value is -3.38. The molecule has 3 aromatic rings. The molecule has 1 aromatic heterocycles. The van der Waals surface area contributed by atoms with Gasteiger partial charge in [-0.25, -0.2) is 5.43 Å². The number of pyridine rings is 1. The zero-order valence-corrected chi connectivity index (χ0v) is 17.0. The van der Waals surface area contributed by atoms with Crippen LogP contribution in [-0.4, -0.2) is 26.3 Å². The van der Waals surface area contributed by atoms with Gasteiger partial charge in [0.15, 0.2) is 18.9 Å². The summed E-state index contributed by atoms with van der Waals surface area (Å²) in [4.78, 5) is 12.4. The maximum Gasteiger partial charge on any atom is 0.277 e. The van der Waals surface area contributed by atoms with Gasteiger partial charge in [-0.15, -0.1) is 0 Å². The molecule has 3 rings (SSSR count). The predicted octanol–water partition coefficient (Wildman–Crippen LogP) is -0.192. The number of carbonyl (C=O) groups is 1. The zero-order valence-electron chi connectivity index (χ0n) is 16.2. The van der Waals surface area contributed by atoms with Crippen molar-refractivity contribution in [2.24, 2.45) is 5.10 Å². The van der Waals surface area contributed by atoms with E-state index in [0.717, 1.165) is 5.56 Å². The Bertz CT molecular complexity index is 978. The van der Waals surface area contributed by atoms with E-state index < -0.39 is 0 Å². The topological polar surface area (TPSA) is 63.8 Å². The van der Waals surface area contributed by atoms with Gasteiger partial charge in [0.05, 0.1) is 20.4 Å². The van der Waals surface area contributed by atoms with E-state index in [4.69, 9.17) is 9.47 Å². The van der Waals surface area contributed by atoms with Crippen LogP contribution in [0.2, 0.25) is 0 Å². The highest BCUT2D eigenvalue weighted by molar-refractivity contribution is 5.94. The normalized spacial score (nSPS) is 10.3. The largest absolute Gasteiger partial charge is 1.00 e. The monoisotopic (exact) mass is 411 g/mol. The fourth-order valence-corrected chi connectivity index (χ4v) is 2.71. The number of aromatic nitrogens is 1. The lowest BCUT2D eigenvalue weighted by Crippen LogP contribution is -3.00. The molecule has 2 aromatic carbocycles. The molecule has 6 nitrogen and oxygen atoms in total. The van der Waals surface area contributed by atoms with Gasteiger partial charge in [-0.1, -0.05) is 30.3 Å². The summed E-state index contributed by atoms with van der Waals surface area (Å²) >= 11 is 0. The van der Waals surface area contributed by atoms with Crippen LogP contribution >= 0.6 is 0 Å². The fourth-order valence-electron chi connectivity index (χ4n) is 2.71. The molecule has 0 radical (unpaired) electrons. The van der Waals surface area contributed by atoms with Crippen LogP contribution in [0.15, 0.2) is 78.2 Å². The number of nitrogens with zero attached hydrogens (tertiary/aromatic N) is 2. The second-order valence-electron chi connectivity index (χ2n) is 6.06. The highest BCUT2D eigenvalue weighted by Gasteiger charge is 2.11. The van der Waals surface area contributed by atoms with Crippen molar-refractivity contribution in [3.8, 4) is 11.5 Å². The molecule has 150 valence electrons. The first-order valence-corrected chi connectivity index (χ1v) is 8.78. The molecule has 1 N–H and O–H groups in total. The maximum absolute atomic E-state index is 12.4. The molecular weight excluding hydrogens is 390 g/mol. The van der Waals surface area contributed by atoms with Gasteiger partial charge in [-0.3, -0.25) is 4.79 Å². The van der Waals surface area contributed by atoms with E-state index in [-0.39, 0.29) is 18.3 Å². The van der Waals surface area contributed by atoms with Gasteiger partial charge in [0.25, 0.3) is 5.91 Å². The molecule has 7 heteroatoms. The van der Waals surface area contributed by atoms with Gasteiger partial charge in [0, 0.05) is 17.2 Å². The number of benzene rings is 2. The number of ether oxygens (including phenoxy) is 2. The number of hydrogen-bond donors (Lipinski definition) is 1. The Kier molecular flexibility index (Phi) is 8.18. The molecule has 0 unspecified atom stereocenters. The summed E-state index contributed by atoms with van der Waals surface area (Å²) in [5, 5.41) is 4.05. The first-order valence-electron chi connectivity index (χ1n) is 8.78. The molecule has 0 spiro atoms. The van der Waals surface area contributed by atoms with Crippen molar-refractivity contribution >= 4 is 12.1 Å². The van der Waals surface area contributed by atoms with E-state index in [2.05, 4.69) is 10.5 Å². The van der Waals surface area contributed by atoms with Gasteiger partial charge >= 0.3 is 0 Å². The molecule has 0 aliphatic carbocycles. The Balaban J connectivity index is 0.00000300. The average Bonchev–Trinajstić information content (AvgIpc) is 2.74. The van der Waals surface area contributed by atoms with Crippen LogP contribution in [0, 0.1) is 0 Å². The minimum Gasteiger partial charge on any atom is -1.00 e. The molecule has 1 heterocycles. The van der Waals surface area contributed by atoms with Crippen molar-refractivity contribution in [2.75, 3.05) is 14.2 Å². The zero-order chi connectivity index (χ0) is 19.8. The molecule has 0 fully saturated rings. The fraction of sp³-hybridized carbons (Fsp3) is 0.136. The van der Waals surface area contributed by atoms with Crippen LogP contribution < -0.4 is 31.9 Å². The lowest BCUT2D eigenvalue weighted by atomic mass is 10.2. The maximum atomic E-state index is 12.4. The molecule has 0 aliphatic heterocycles. The third-order valence-electron chi connectivity index (χ3n) is 4.13. The van der Waals surface area contributed by atoms with Gasteiger partial charge < -0.3 is 21.9 Å². The summed E-state index contributed by atoms with van der Waals surface area (Å²) in [6.45, 7) is 0.687. The Morgan fingerprint density at radius 3 is 2.59 bits per heavy atom. The second-order valence-corrected chi connectivity index (χ2v) is 6.06. The van der Waals surface area contributed by atoms with Crippen LogP contribution in [0.25, 0.3) is 0 Å². The molecule has 0 atom stereocenters. The van der Waals surface area contributed by atoms with Crippen LogP contribution in [0.5, 0.6) is 11.5 Å². The minimum absolute atomic E-state index is 0. The first-order chi connectivity index (χ1) is 13.7. The lowest BCUT2D eigenvalue weighted by molar-refractivity contribution is -0.688. The third-order valence-corrected chi connectivity index (χ3v) is 4.13. The Morgan fingerprint density at radius 2 is 1.86 bits per heavy atom.